The Bertz CT molecular complexity index is 422. The number of likely N-dealkylation sites (tertiary alicyclic amines) is 2. The Labute approximate surface area is 158 Å². The van der Waals surface area contributed by atoms with Crippen molar-refractivity contribution in [2.75, 3.05) is 39.3 Å². The van der Waals surface area contributed by atoms with Crippen molar-refractivity contribution in [1.82, 2.24) is 15.1 Å². The zero-order valence-corrected chi connectivity index (χ0v) is 16.3. The molecule has 2 atom stereocenters. The molecule has 0 radical (unpaired) electrons. The van der Waals surface area contributed by atoms with Crippen LogP contribution >= 0.6 is 24.8 Å². The lowest BCUT2D eigenvalue weighted by atomic mass is 9.91. The summed E-state index contributed by atoms with van der Waals surface area (Å²) >= 11 is 0. The van der Waals surface area contributed by atoms with Crippen LogP contribution < -0.4 is 5.32 Å². The summed E-state index contributed by atoms with van der Waals surface area (Å²) < 4.78 is 0. The van der Waals surface area contributed by atoms with Crippen LogP contribution in [-0.4, -0.2) is 61.0 Å². The molecule has 4 aliphatic rings. The third kappa shape index (κ3) is 4.03. The van der Waals surface area contributed by atoms with Gasteiger partial charge in [0.1, 0.15) is 0 Å². The van der Waals surface area contributed by atoms with Gasteiger partial charge < -0.3 is 15.1 Å². The fraction of sp³-hybridized carbons (Fsp3) is 0.944. The maximum absolute atomic E-state index is 12.9. The van der Waals surface area contributed by atoms with E-state index >= 15 is 0 Å². The topological polar surface area (TPSA) is 35.6 Å². The quantitative estimate of drug-likeness (QED) is 0.803. The van der Waals surface area contributed by atoms with Crippen molar-refractivity contribution in [2.24, 2.45) is 11.3 Å². The molecule has 1 amide bonds. The highest BCUT2D eigenvalue weighted by molar-refractivity contribution is 5.85. The highest BCUT2D eigenvalue weighted by Crippen LogP contribution is 2.59. The molecule has 1 spiro atoms. The number of rotatable bonds is 2. The third-order valence-corrected chi connectivity index (χ3v) is 6.75. The van der Waals surface area contributed by atoms with Crippen molar-refractivity contribution in [3.05, 3.63) is 0 Å². The molecule has 2 unspecified atom stereocenters. The Morgan fingerprint density at radius 2 is 1.62 bits per heavy atom. The Kier molecular flexibility index (Phi) is 7.24. The van der Waals surface area contributed by atoms with Gasteiger partial charge in [0.15, 0.2) is 0 Å². The summed E-state index contributed by atoms with van der Waals surface area (Å²) in [5.74, 6) is 0.849. The van der Waals surface area contributed by atoms with E-state index in [1.807, 2.05) is 0 Å². The minimum atomic E-state index is 0. The van der Waals surface area contributed by atoms with Crippen molar-refractivity contribution in [3.8, 4) is 0 Å². The molecule has 6 heteroatoms. The van der Waals surface area contributed by atoms with E-state index < -0.39 is 0 Å². The van der Waals surface area contributed by atoms with Gasteiger partial charge in [-0.25, -0.2) is 0 Å². The number of nitrogens with one attached hydrogen (secondary N) is 1. The van der Waals surface area contributed by atoms with Crippen LogP contribution in [0.3, 0.4) is 0 Å². The van der Waals surface area contributed by atoms with Gasteiger partial charge in [0.05, 0.1) is 0 Å². The summed E-state index contributed by atoms with van der Waals surface area (Å²) in [7, 11) is 0. The Hall–Kier alpha value is -0.0300. The predicted octanol–water partition coefficient (Wildman–Crippen LogP) is 2.70. The normalized spacial score (nSPS) is 32.6. The molecule has 3 aliphatic heterocycles. The summed E-state index contributed by atoms with van der Waals surface area (Å²) in [5, 5.41) is 3.44. The molecule has 0 aromatic heterocycles. The minimum Gasteiger partial charge on any atom is -0.342 e. The van der Waals surface area contributed by atoms with E-state index in [0.717, 1.165) is 32.2 Å². The molecule has 4 fully saturated rings. The van der Waals surface area contributed by atoms with Crippen LogP contribution in [0.1, 0.15) is 51.4 Å². The van der Waals surface area contributed by atoms with Crippen molar-refractivity contribution < 1.29 is 4.79 Å². The molecule has 0 bridgehead atoms. The maximum atomic E-state index is 12.9. The third-order valence-electron chi connectivity index (χ3n) is 6.75. The Morgan fingerprint density at radius 3 is 2.33 bits per heavy atom. The fourth-order valence-electron chi connectivity index (χ4n) is 5.17. The molecule has 3 saturated heterocycles. The molecule has 140 valence electrons. The van der Waals surface area contributed by atoms with E-state index in [9.17, 15) is 4.79 Å². The number of halogens is 2. The van der Waals surface area contributed by atoms with Crippen LogP contribution in [0.25, 0.3) is 0 Å². The molecule has 0 aromatic carbocycles. The summed E-state index contributed by atoms with van der Waals surface area (Å²) in [6.07, 6.45) is 10.0. The highest BCUT2D eigenvalue weighted by atomic mass is 35.5. The lowest BCUT2D eigenvalue weighted by molar-refractivity contribution is -0.133. The molecule has 1 N–H and O–H groups in total. The zero-order valence-electron chi connectivity index (χ0n) is 14.7. The summed E-state index contributed by atoms with van der Waals surface area (Å²) in [6.45, 7) is 6.81. The Balaban J connectivity index is 0.00000104. The van der Waals surface area contributed by atoms with Gasteiger partial charge in [0.2, 0.25) is 5.91 Å². The van der Waals surface area contributed by atoms with Crippen molar-refractivity contribution in [2.45, 2.75) is 57.4 Å². The van der Waals surface area contributed by atoms with Crippen LogP contribution in [-0.2, 0) is 4.79 Å². The van der Waals surface area contributed by atoms with E-state index in [1.165, 1.54) is 64.5 Å². The molecular weight excluding hydrogens is 345 g/mol. The number of piperidine rings is 1. The van der Waals surface area contributed by atoms with Gasteiger partial charge in [-0.05, 0) is 83.0 Å². The van der Waals surface area contributed by atoms with Crippen molar-refractivity contribution >= 4 is 30.7 Å². The fourth-order valence-corrected chi connectivity index (χ4v) is 5.17. The average molecular weight is 378 g/mol. The van der Waals surface area contributed by atoms with Crippen molar-refractivity contribution in [1.29, 1.82) is 0 Å². The van der Waals surface area contributed by atoms with Gasteiger partial charge in [-0.1, -0.05) is 0 Å². The smallest absolute Gasteiger partial charge is 0.226 e. The number of carbonyl (C=O) groups is 1. The SMILES string of the molecule is Cl.Cl.O=C(C1CC12CCNCC2)N1CCCC(N2CCCC2)CC1. The first-order chi connectivity index (χ1) is 10.8. The molecule has 0 aromatic rings. The van der Waals surface area contributed by atoms with Crippen LogP contribution in [0.2, 0.25) is 0 Å². The lowest BCUT2D eigenvalue weighted by Gasteiger charge is -2.27. The van der Waals surface area contributed by atoms with E-state index in [0.29, 0.717) is 17.2 Å². The van der Waals surface area contributed by atoms with Gasteiger partial charge in [0.25, 0.3) is 0 Å². The van der Waals surface area contributed by atoms with Crippen LogP contribution in [0.5, 0.6) is 0 Å². The highest BCUT2D eigenvalue weighted by Gasteiger charge is 2.58. The van der Waals surface area contributed by atoms with Crippen LogP contribution in [0.15, 0.2) is 0 Å². The first-order valence-corrected chi connectivity index (χ1v) is 9.52. The van der Waals surface area contributed by atoms with Gasteiger partial charge in [-0.2, -0.15) is 0 Å². The minimum absolute atomic E-state index is 0. The molecule has 4 rings (SSSR count). The van der Waals surface area contributed by atoms with Gasteiger partial charge in [-0.15, -0.1) is 24.8 Å². The molecule has 4 nitrogen and oxygen atoms in total. The zero-order chi connectivity index (χ0) is 15.0. The molecule has 1 saturated carbocycles. The second-order valence-electron chi connectivity index (χ2n) is 8.02. The molecule has 1 aliphatic carbocycles. The standard InChI is InChI=1S/C18H31N3O.2ClH/c22-17(16-14-18(16)6-8-19-9-7-18)21-12-3-4-15(5-13-21)20-10-1-2-11-20;;/h15-16,19H,1-14H2;2*1H. The van der Waals surface area contributed by atoms with Crippen molar-refractivity contribution in [3.63, 3.8) is 0 Å². The van der Waals surface area contributed by atoms with Gasteiger partial charge in [-0.3, -0.25) is 4.79 Å². The number of hydrogen-bond acceptors (Lipinski definition) is 3. The number of hydrogen-bond donors (Lipinski definition) is 1. The molecular formula is C18H33Cl2N3O. The first kappa shape index (κ1) is 20.3. The average Bonchev–Trinajstić information content (AvgIpc) is 3.05. The number of nitrogens with zero attached hydrogens (tertiary/aromatic N) is 2. The van der Waals surface area contributed by atoms with E-state index in [1.54, 1.807) is 0 Å². The Morgan fingerprint density at radius 1 is 0.917 bits per heavy atom. The monoisotopic (exact) mass is 377 g/mol. The largest absolute Gasteiger partial charge is 0.342 e. The lowest BCUT2D eigenvalue weighted by Crippen LogP contribution is -2.38. The summed E-state index contributed by atoms with van der Waals surface area (Å²) in [6, 6.07) is 0.743. The second-order valence-corrected chi connectivity index (χ2v) is 8.02. The van der Waals surface area contributed by atoms with E-state index in [4.69, 9.17) is 0 Å². The van der Waals surface area contributed by atoms with Crippen LogP contribution in [0, 0.1) is 11.3 Å². The van der Waals surface area contributed by atoms with E-state index in [2.05, 4.69) is 15.1 Å². The summed E-state index contributed by atoms with van der Waals surface area (Å²) in [5.41, 5.74) is 0.392. The van der Waals surface area contributed by atoms with Gasteiger partial charge in [0, 0.05) is 25.0 Å². The first-order valence-electron chi connectivity index (χ1n) is 9.52. The summed E-state index contributed by atoms with van der Waals surface area (Å²) in [4.78, 5) is 17.8. The predicted molar refractivity (Wildman–Crippen MR) is 102 cm³/mol. The van der Waals surface area contributed by atoms with E-state index in [-0.39, 0.29) is 24.8 Å². The number of carbonyl (C=O) groups excluding carboxylic acids is 1. The maximum Gasteiger partial charge on any atom is 0.226 e. The second kappa shape index (κ2) is 8.57. The molecule has 3 heterocycles. The number of amides is 1. The van der Waals surface area contributed by atoms with Crippen LogP contribution in [0.4, 0.5) is 0 Å². The molecule has 24 heavy (non-hydrogen) atoms. The van der Waals surface area contributed by atoms with Gasteiger partial charge >= 0.3 is 0 Å².